The van der Waals surface area contributed by atoms with Crippen LogP contribution in [0.4, 0.5) is 0 Å². The van der Waals surface area contributed by atoms with Crippen LogP contribution in [0.5, 0.6) is 0 Å². The fourth-order valence-corrected chi connectivity index (χ4v) is 2.25. The zero-order valence-corrected chi connectivity index (χ0v) is 6.86. The van der Waals surface area contributed by atoms with Crippen LogP contribution in [0.25, 0.3) is 0 Å². The first-order valence-electron chi connectivity index (χ1n) is 4.37. The Labute approximate surface area is 68.2 Å². The molecule has 11 heavy (non-hydrogen) atoms. The molecule has 0 saturated carbocycles. The van der Waals surface area contributed by atoms with Crippen molar-refractivity contribution in [3.8, 4) is 0 Å². The molecule has 2 aliphatic heterocycles. The molecule has 0 aromatic carbocycles. The Balaban J connectivity index is 1.99. The Morgan fingerprint density at radius 3 is 2.82 bits per heavy atom. The maximum absolute atomic E-state index is 10.6. The summed E-state index contributed by atoms with van der Waals surface area (Å²) in [5.41, 5.74) is 0. The molecule has 0 spiro atoms. The van der Waals surface area contributed by atoms with E-state index in [0.717, 1.165) is 19.1 Å². The number of fused-ring (bicyclic) bond motifs is 1. The van der Waals surface area contributed by atoms with E-state index < -0.39 is 0 Å². The van der Waals surface area contributed by atoms with E-state index in [-0.39, 0.29) is 0 Å². The van der Waals surface area contributed by atoms with Gasteiger partial charge in [0.05, 0.1) is 0 Å². The predicted molar refractivity (Wildman–Crippen MR) is 44.4 cm³/mol. The van der Waals surface area contributed by atoms with Gasteiger partial charge >= 0.3 is 0 Å². The van der Waals surface area contributed by atoms with E-state index >= 15 is 0 Å². The molecule has 2 nitrogen and oxygen atoms in total. The van der Waals surface area contributed by atoms with Crippen LogP contribution < -0.4 is 0 Å². The number of rotatable bonds is 1. The number of nitrogens with zero attached hydrogens (tertiary/aromatic N) is 1. The second-order valence-electron chi connectivity index (χ2n) is 3.74. The van der Waals surface area contributed by atoms with Crippen molar-refractivity contribution in [2.24, 2.45) is 5.92 Å². The molecule has 2 fully saturated rings. The van der Waals surface area contributed by atoms with Gasteiger partial charge in [0.1, 0.15) is 6.29 Å². The van der Waals surface area contributed by atoms with Gasteiger partial charge in [0, 0.05) is 5.92 Å². The van der Waals surface area contributed by atoms with Crippen molar-refractivity contribution < 1.29 is 4.79 Å². The van der Waals surface area contributed by atoms with Crippen LogP contribution in [0.1, 0.15) is 19.8 Å². The Kier molecular flexibility index (Phi) is 1.76. The summed E-state index contributed by atoms with van der Waals surface area (Å²) >= 11 is 0. The summed E-state index contributed by atoms with van der Waals surface area (Å²) in [6.07, 6.45) is 4.46. The van der Waals surface area contributed by atoms with Crippen LogP contribution in [0.2, 0.25) is 6.32 Å². The van der Waals surface area contributed by atoms with Gasteiger partial charge in [-0.05, 0) is 31.2 Å². The summed E-state index contributed by atoms with van der Waals surface area (Å²) in [4.78, 5) is 13.0. The largest absolute Gasteiger partial charge is 0.342 e. The molecular formula is C8H13BNO. The Morgan fingerprint density at radius 2 is 2.36 bits per heavy atom. The zero-order valence-electron chi connectivity index (χ0n) is 6.86. The molecule has 3 heteroatoms. The SMILES string of the molecule is CC1CC(C=O)CC2C[B]N12. The van der Waals surface area contributed by atoms with E-state index in [1.807, 2.05) is 0 Å². The maximum atomic E-state index is 10.6. The third-order valence-electron chi connectivity index (χ3n) is 2.93. The minimum Gasteiger partial charge on any atom is -0.342 e. The van der Waals surface area contributed by atoms with Gasteiger partial charge in [-0.15, -0.1) is 0 Å². The maximum Gasteiger partial charge on any atom is 0.210 e. The van der Waals surface area contributed by atoms with Gasteiger partial charge in [-0.3, -0.25) is 0 Å². The topological polar surface area (TPSA) is 20.3 Å². The predicted octanol–water partition coefficient (Wildman–Crippen LogP) is 0.706. The highest BCUT2D eigenvalue weighted by atomic mass is 16.1. The number of hydrogen-bond acceptors (Lipinski definition) is 2. The van der Waals surface area contributed by atoms with Crippen molar-refractivity contribution in [3.05, 3.63) is 0 Å². The summed E-state index contributed by atoms with van der Waals surface area (Å²) < 4.78 is 0. The molecule has 2 rings (SSSR count). The van der Waals surface area contributed by atoms with Crippen molar-refractivity contribution in [2.75, 3.05) is 0 Å². The number of piperidine rings is 1. The average molecular weight is 150 g/mol. The lowest BCUT2D eigenvalue weighted by Gasteiger charge is -2.50. The quantitative estimate of drug-likeness (QED) is 0.405. The molecule has 0 bridgehead atoms. The summed E-state index contributed by atoms with van der Waals surface area (Å²) in [5, 5.41) is 0. The summed E-state index contributed by atoms with van der Waals surface area (Å²) in [7, 11) is 2.26. The lowest BCUT2D eigenvalue weighted by molar-refractivity contribution is -0.113. The summed E-state index contributed by atoms with van der Waals surface area (Å²) in [5.74, 6) is 0.333. The molecule has 59 valence electrons. The van der Waals surface area contributed by atoms with Gasteiger partial charge in [-0.2, -0.15) is 0 Å². The van der Waals surface area contributed by atoms with Crippen molar-refractivity contribution in [2.45, 2.75) is 38.2 Å². The minimum atomic E-state index is 0.333. The Bertz CT molecular complexity index is 165. The van der Waals surface area contributed by atoms with Gasteiger partial charge in [-0.1, -0.05) is 6.92 Å². The lowest BCUT2D eigenvalue weighted by Crippen LogP contribution is -2.58. The number of carbonyl (C=O) groups excluding carboxylic acids is 1. The highest BCUT2D eigenvalue weighted by Crippen LogP contribution is 2.33. The van der Waals surface area contributed by atoms with Crippen molar-refractivity contribution in [1.29, 1.82) is 0 Å². The van der Waals surface area contributed by atoms with E-state index in [0.29, 0.717) is 18.0 Å². The first-order chi connectivity index (χ1) is 5.31. The molecule has 0 aromatic rings. The van der Waals surface area contributed by atoms with Gasteiger partial charge in [0.25, 0.3) is 0 Å². The highest BCUT2D eigenvalue weighted by Gasteiger charge is 2.38. The van der Waals surface area contributed by atoms with Crippen LogP contribution in [-0.2, 0) is 4.79 Å². The molecule has 2 aliphatic rings. The van der Waals surface area contributed by atoms with Crippen LogP contribution in [0, 0.1) is 5.92 Å². The second kappa shape index (κ2) is 2.63. The van der Waals surface area contributed by atoms with Gasteiger partial charge in [0.2, 0.25) is 7.41 Å². The van der Waals surface area contributed by atoms with Crippen LogP contribution in [-0.4, -0.2) is 30.6 Å². The average Bonchev–Trinajstić information content (AvgIpc) is 1.93. The minimum absolute atomic E-state index is 0.333. The van der Waals surface area contributed by atoms with E-state index in [4.69, 9.17) is 0 Å². The molecule has 0 amide bonds. The summed E-state index contributed by atoms with van der Waals surface area (Å²) in [6, 6.07) is 1.28. The second-order valence-corrected chi connectivity index (χ2v) is 3.74. The van der Waals surface area contributed by atoms with Crippen LogP contribution in [0.3, 0.4) is 0 Å². The summed E-state index contributed by atoms with van der Waals surface area (Å²) in [6.45, 7) is 2.21. The molecule has 2 heterocycles. The van der Waals surface area contributed by atoms with Crippen LogP contribution in [0.15, 0.2) is 0 Å². The molecule has 0 aliphatic carbocycles. The normalized spacial score (nSPS) is 43.5. The molecule has 3 atom stereocenters. The van der Waals surface area contributed by atoms with Crippen LogP contribution >= 0.6 is 0 Å². The van der Waals surface area contributed by atoms with E-state index in [1.54, 1.807) is 0 Å². The third-order valence-corrected chi connectivity index (χ3v) is 2.93. The molecule has 2 saturated heterocycles. The first-order valence-corrected chi connectivity index (χ1v) is 4.37. The molecular weight excluding hydrogens is 137 g/mol. The monoisotopic (exact) mass is 150 g/mol. The molecule has 0 N–H and O–H groups in total. The van der Waals surface area contributed by atoms with Crippen molar-refractivity contribution in [3.63, 3.8) is 0 Å². The molecule has 1 radical (unpaired) electrons. The fraction of sp³-hybridized carbons (Fsp3) is 0.875. The van der Waals surface area contributed by atoms with Gasteiger partial charge < -0.3 is 9.61 Å². The Morgan fingerprint density at radius 1 is 1.55 bits per heavy atom. The van der Waals surface area contributed by atoms with Gasteiger partial charge in [-0.25, -0.2) is 0 Å². The fourth-order valence-electron chi connectivity index (χ4n) is 2.25. The lowest BCUT2D eigenvalue weighted by atomic mass is 9.62. The molecule has 3 unspecified atom stereocenters. The third kappa shape index (κ3) is 1.11. The van der Waals surface area contributed by atoms with Crippen molar-refractivity contribution >= 4 is 13.7 Å². The number of carbonyl (C=O) groups is 1. The Hall–Kier alpha value is -0.305. The van der Waals surface area contributed by atoms with E-state index in [1.165, 1.54) is 6.32 Å². The number of hydrogen-bond donors (Lipinski definition) is 0. The zero-order chi connectivity index (χ0) is 7.84. The highest BCUT2D eigenvalue weighted by molar-refractivity contribution is 6.36. The molecule has 0 aromatic heterocycles. The van der Waals surface area contributed by atoms with E-state index in [9.17, 15) is 4.79 Å². The standard InChI is InChI=1S/C8H13BNO/c1-6-2-7(5-11)3-8-4-9-10(6)8/h5-8H,2-4H2,1H3. The van der Waals surface area contributed by atoms with Gasteiger partial charge in [0.15, 0.2) is 0 Å². The number of aldehydes is 1. The van der Waals surface area contributed by atoms with E-state index in [2.05, 4.69) is 19.1 Å². The first kappa shape index (κ1) is 7.35. The smallest absolute Gasteiger partial charge is 0.210 e. The van der Waals surface area contributed by atoms with Crippen molar-refractivity contribution in [1.82, 2.24) is 4.81 Å².